The molecule has 0 radical (unpaired) electrons. The van der Waals surface area contributed by atoms with Crippen molar-refractivity contribution in [1.82, 2.24) is 4.98 Å². The van der Waals surface area contributed by atoms with Crippen LogP contribution in [0.2, 0.25) is 0 Å². The average Bonchev–Trinajstić information content (AvgIpc) is 2.88. The Balaban J connectivity index is 1.49. The lowest BCUT2D eigenvalue weighted by molar-refractivity contribution is 0.686. The van der Waals surface area contributed by atoms with Gasteiger partial charge in [-0.05, 0) is 109 Å². The van der Waals surface area contributed by atoms with E-state index < -0.39 is 0 Å². The number of hydrogen-bond donors (Lipinski definition) is 0. The molecule has 32 heavy (non-hydrogen) atoms. The second kappa shape index (κ2) is 8.39. The van der Waals surface area contributed by atoms with Crippen molar-refractivity contribution < 1.29 is 0 Å². The molecule has 0 saturated carbocycles. The maximum atomic E-state index is 5.20. The summed E-state index contributed by atoms with van der Waals surface area (Å²) in [5.41, 5.74) is 13.2. The molecule has 1 heterocycles. The van der Waals surface area contributed by atoms with Gasteiger partial charge in [-0.15, -0.1) is 0 Å². The number of pyridine rings is 1. The van der Waals surface area contributed by atoms with Crippen LogP contribution in [0.3, 0.4) is 0 Å². The minimum atomic E-state index is 1.08. The third kappa shape index (κ3) is 3.77. The van der Waals surface area contributed by atoms with E-state index in [4.69, 9.17) is 4.98 Å². The van der Waals surface area contributed by atoms with E-state index in [0.29, 0.717) is 0 Å². The standard InChI is InChI=1S/C31H29N/c1-2-8-22(9-3-1)29-20-30(27-16-14-23-10-4-6-12-25(23)18-27)32-31(21-29)28-17-15-24-11-5-7-13-26(24)19-28/h1-3,8-9,14-21H,4-7,10-13H2. The molecule has 6 rings (SSSR count). The SMILES string of the molecule is c1ccc(-c2cc(-c3ccc4c(c3)CCCC4)nc(-c3ccc4c(c3)CCCC4)c2)cc1. The van der Waals surface area contributed by atoms with Crippen LogP contribution in [-0.4, -0.2) is 4.98 Å². The zero-order valence-corrected chi connectivity index (χ0v) is 18.6. The van der Waals surface area contributed by atoms with Crippen molar-refractivity contribution in [3.8, 4) is 33.6 Å². The molecule has 0 fully saturated rings. The number of nitrogens with zero attached hydrogens (tertiary/aromatic N) is 1. The Hall–Kier alpha value is -3.19. The molecule has 2 aliphatic carbocycles. The lowest BCUT2D eigenvalue weighted by Crippen LogP contribution is -2.03. The van der Waals surface area contributed by atoms with Gasteiger partial charge in [-0.2, -0.15) is 0 Å². The largest absolute Gasteiger partial charge is 0.248 e. The summed E-state index contributed by atoms with van der Waals surface area (Å²) in [7, 11) is 0. The topological polar surface area (TPSA) is 12.9 Å². The maximum Gasteiger partial charge on any atom is 0.0715 e. The second-order valence-corrected chi connectivity index (χ2v) is 9.37. The van der Waals surface area contributed by atoms with Crippen LogP contribution in [0.15, 0.2) is 78.9 Å². The average molecular weight is 416 g/mol. The molecule has 0 saturated heterocycles. The highest BCUT2D eigenvalue weighted by molar-refractivity contribution is 5.77. The Kier molecular flexibility index (Phi) is 5.11. The van der Waals surface area contributed by atoms with Gasteiger partial charge in [0.2, 0.25) is 0 Å². The van der Waals surface area contributed by atoms with Gasteiger partial charge in [-0.1, -0.05) is 54.6 Å². The van der Waals surface area contributed by atoms with Crippen molar-refractivity contribution >= 4 is 0 Å². The minimum Gasteiger partial charge on any atom is -0.248 e. The Labute approximate surface area is 191 Å². The molecule has 1 aromatic heterocycles. The van der Waals surface area contributed by atoms with E-state index in [-0.39, 0.29) is 0 Å². The normalized spacial score (nSPS) is 15.1. The number of rotatable bonds is 3. The molecule has 0 unspecified atom stereocenters. The lowest BCUT2D eigenvalue weighted by atomic mass is 9.89. The number of aromatic nitrogens is 1. The molecule has 0 bridgehead atoms. The molecule has 0 atom stereocenters. The lowest BCUT2D eigenvalue weighted by Gasteiger charge is -2.18. The van der Waals surface area contributed by atoms with Crippen molar-refractivity contribution in [1.29, 1.82) is 0 Å². The molecule has 1 heteroatoms. The molecule has 158 valence electrons. The Bertz CT molecular complexity index is 1190. The Morgan fingerprint density at radius 1 is 0.406 bits per heavy atom. The fourth-order valence-electron chi connectivity index (χ4n) is 5.41. The van der Waals surface area contributed by atoms with E-state index in [9.17, 15) is 0 Å². The van der Waals surface area contributed by atoms with Gasteiger partial charge in [-0.3, -0.25) is 0 Å². The smallest absolute Gasteiger partial charge is 0.0715 e. The number of hydrogen-bond acceptors (Lipinski definition) is 1. The van der Waals surface area contributed by atoms with Gasteiger partial charge in [0.25, 0.3) is 0 Å². The van der Waals surface area contributed by atoms with Crippen LogP contribution in [0.5, 0.6) is 0 Å². The van der Waals surface area contributed by atoms with Gasteiger partial charge in [0, 0.05) is 11.1 Å². The van der Waals surface area contributed by atoms with E-state index in [1.165, 1.54) is 95.9 Å². The highest BCUT2D eigenvalue weighted by Gasteiger charge is 2.15. The van der Waals surface area contributed by atoms with E-state index in [1.54, 1.807) is 0 Å². The van der Waals surface area contributed by atoms with Crippen molar-refractivity contribution in [2.45, 2.75) is 51.4 Å². The molecule has 0 amide bonds. The highest BCUT2D eigenvalue weighted by atomic mass is 14.7. The van der Waals surface area contributed by atoms with E-state index in [0.717, 1.165) is 11.4 Å². The van der Waals surface area contributed by atoms with Crippen molar-refractivity contribution in [3.63, 3.8) is 0 Å². The molecule has 0 aliphatic heterocycles. The van der Waals surface area contributed by atoms with Crippen molar-refractivity contribution in [2.75, 3.05) is 0 Å². The van der Waals surface area contributed by atoms with E-state index in [1.807, 2.05) is 0 Å². The zero-order chi connectivity index (χ0) is 21.3. The monoisotopic (exact) mass is 415 g/mol. The first kappa shape index (κ1) is 19.5. The summed E-state index contributed by atoms with van der Waals surface area (Å²) < 4.78 is 0. The second-order valence-electron chi connectivity index (χ2n) is 9.37. The molecule has 4 aromatic rings. The molecule has 0 spiro atoms. The van der Waals surface area contributed by atoms with Gasteiger partial charge >= 0.3 is 0 Å². The number of aryl methyl sites for hydroxylation is 4. The summed E-state index contributed by atoms with van der Waals surface area (Å²) in [6, 6.07) is 29.2. The fourth-order valence-corrected chi connectivity index (χ4v) is 5.41. The Morgan fingerprint density at radius 2 is 0.906 bits per heavy atom. The molecule has 3 aromatic carbocycles. The van der Waals surface area contributed by atoms with Crippen LogP contribution in [0.4, 0.5) is 0 Å². The first-order valence-corrected chi connectivity index (χ1v) is 12.2. The maximum absolute atomic E-state index is 5.20. The van der Waals surface area contributed by atoms with Crippen molar-refractivity contribution in [3.05, 3.63) is 101 Å². The highest BCUT2D eigenvalue weighted by Crippen LogP contribution is 2.33. The van der Waals surface area contributed by atoms with E-state index >= 15 is 0 Å². The van der Waals surface area contributed by atoms with Gasteiger partial charge in [-0.25, -0.2) is 4.98 Å². The third-order valence-corrected chi connectivity index (χ3v) is 7.22. The summed E-state index contributed by atoms with van der Waals surface area (Å²) >= 11 is 0. The van der Waals surface area contributed by atoms with Gasteiger partial charge < -0.3 is 0 Å². The van der Waals surface area contributed by atoms with Gasteiger partial charge in [0.05, 0.1) is 11.4 Å². The predicted octanol–water partition coefficient (Wildman–Crippen LogP) is 7.84. The molecular weight excluding hydrogens is 386 g/mol. The first-order chi connectivity index (χ1) is 15.8. The minimum absolute atomic E-state index is 1.08. The summed E-state index contributed by atoms with van der Waals surface area (Å²) in [6.07, 6.45) is 10.1. The number of benzene rings is 3. The predicted molar refractivity (Wildman–Crippen MR) is 134 cm³/mol. The van der Waals surface area contributed by atoms with Crippen molar-refractivity contribution in [2.24, 2.45) is 0 Å². The van der Waals surface area contributed by atoms with Crippen LogP contribution >= 0.6 is 0 Å². The molecule has 0 N–H and O–H groups in total. The first-order valence-electron chi connectivity index (χ1n) is 12.2. The van der Waals surface area contributed by atoms with Crippen LogP contribution < -0.4 is 0 Å². The number of fused-ring (bicyclic) bond motifs is 2. The third-order valence-electron chi connectivity index (χ3n) is 7.22. The molecule has 1 nitrogen and oxygen atoms in total. The summed E-state index contributed by atoms with van der Waals surface area (Å²) in [6.45, 7) is 0. The van der Waals surface area contributed by atoms with Gasteiger partial charge in [0.15, 0.2) is 0 Å². The Morgan fingerprint density at radius 3 is 1.44 bits per heavy atom. The summed E-state index contributed by atoms with van der Waals surface area (Å²) in [4.78, 5) is 5.20. The fraction of sp³-hybridized carbons (Fsp3) is 0.258. The van der Waals surface area contributed by atoms with Crippen LogP contribution in [0, 0.1) is 0 Å². The van der Waals surface area contributed by atoms with Crippen LogP contribution in [-0.2, 0) is 25.7 Å². The molecule has 2 aliphatic rings. The summed E-state index contributed by atoms with van der Waals surface area (Å²) in [5, 5.41) is 0. The van der Waals surface area contributed by atoms with Gasteiger partial charge in [0.1, 0.15) is 0 Å². The van der Waals surface area contributed by atoms with Crippen LogP contribution in [0.25, 0.3) is 33.6 Å². The quantitative estimate of drug-likeness (QED) is 0.332. The van der Waals surface area contributed by atoms with Crippen LogP contribution in [0.1, 0.15) is 47.9 Å². The van der Waals surface area contributed by atoms with E-state index in [2.05, 4.69) is 78.9 Å². The summed E-state index contributed by atoms with van der Waals surface area (Å²) in [5.74, 6) is 0. The molecular formula is C31H29N. The zero-order valence-electron chi connectivity index (χ0n) is 18.6.